The molecule has 1 N–H and O–H groups in total. The molecule has 0 saturated heterocycles. The molecule has 0 spiro atoms. The first-order valence-electron chi connectivity index (χ1n) is 10.1. The summed E-state index contributed by atoms with van der Waals surface area (Å²) >= 11 is 0. The molecule has 12 heteroatoms. The first-order chi connectivity index (χ1) is 16.1. The van der Waals surface area contributed by atoms with Gasteiger partial charge in [0, 0.05) is 30.9 Å². The van der Waals surface area contributed by atoms with Crippen molar-refractivity contribution < 1.29 is 31.5 Å². The number of fused-ring (bicyclic) bond motifs is 2. The second-order valence-electron chi connectivity index (χ2n) is 7.59. The van der Waals surface area contributed by atoms with Crippen LogP contribution in [0, 0.1) is 0 Å². The summed E-state index contributed by atoms with van der Waals surface area (Å²) < 4.78 is 54.3. The van der Waals surface area contributed by atoms with Gasteiger partial charge in [0.2, 0.25) is 11.8 Å². The molecule has 2 aliphatic heterocycles. The number of carbonyl (C=O) groups excluding carboxylic acids is 2. The van der Waals surface area contributed by atoms with Crippen molar-refractivity contribution >= 4 is 27.5 Å². The Morgan fingerprint density at radius 1 is 1.09 bits per heavy atom. The molecule has 0 radical (unpaired) electrons. The molecule has 178 valence electrons. The number of anilines is 1. The summed E-state index contributed by atoms with van der Waals surface area (Å²) in [5.74, 6) is -0.151. The van der Waals surface area contributed by atoms with Crippen LogP contribution >= 0.6 is 0 Å². The predicted molar refractivity (Wildman–Crippen MR) is 117 cm³/mol. The number of benzene rings is 2. The maximum atomic E-state index is 12.5. The summed E-state index contributed by atoms with van der Waals surface area (Å²) in [5.41, 5.74) is 3.25. The van der Waals surface area contributed by atoms with E-state index in [2.05, 4.69) is 15.2 Å². The molecule has 34 heavy (non-hydrogen) atoms. The molecular formula is C22H20F2N4O5S. The Balaban J connectivity index is 0.000000226. The minimum atomic E-state index is -3.94. The van der Waals surface area contributed by atoms with Crippen molar-refractivity contribution in [2.75, 3.05) is 5.32 Å². The summed E-state index contributed by atoms with van der Waals surface area (Å²) in [6, 6.07) is 12.4. The van der Waals surface area contributed by atoms with E-state index in [0.29, 0.717) is 24.2 Å². The zero-order valence-electron chi connectivity index (χ0n) is 17.9. The minimum Gasteiger partial charge on any atom is -0.435 e. The van der Waals surface area contributed by atoms with Crippen LogP contribution in [0.15, 0.2) is 59.6 Å². The molecule has 0 atom stereocenters. The van der Waals surface area contributed by atoms with Crippen molar-refractivity contribution in [3.63, 3.8) is 0 Å². The number of hydrogen-bond donors (Lipinski definition) is 1. The quantitative estimate of drug-likeness (QED) is 0.602. The van der Waals surface area contributed by atoms with Gasteiger partial charge in [0.15, 0.2) is 0 Å². The van der Waals surface area contributed by atoms with E-state index in [9.17, 15) is 26.8 Å². The Kier molecular flexibility index (Phi) is 6.33. The molecule has 0 bridgehead atoms. The summed E-state index contributed by atoms with van der Waals surface area (Å²) in [6.45, 7) is -0.985. The van der Waals surface area contributed by atoms with Gasteiger partial charge >= 0.3 is 6.61 Å². The van der Waals surface area contributed by atoms with Crippen LogP contribution in [0.4, 0.5) is 14.5 Å². The number of ether oxygens (including phenoxy) is 1. The van der Waals surface area contributed by atoms with E-state index in [1.807, 2.05) is 24.3 Å². The first kappa shape index (κ1) is 23.4. The van der Waals surface area contributed by atoms with E-state index < -0.39 is 16.6 Å². The maximum Gasteiger partial charge on any atom is 0.387 e. The summed E-state index contributed by atoms with van der Waals surface area (Å²) in [5, 5.41) is 6.78. The molecule has 0 unspecified atom stereocenters. The SMILES string of the molecule is CC(=O)N1Cc2cn(S(=O)(=O)c3ccc(OC(F)F)cc3)nc2C1.O=C1Cc2ccccc2N1. The van der Waals surface area contributed by atoms with Gasteiger partial charge in [-0.2, -0.15) is 26.4 Å². The number of rotatable bonds is 4. The van der Waals surface area contributed by atoms with Gasteiger partial charge in [-0.15, -0.1) is 0 Å². The largest absolute Gasteiger partial charge is 0.435 e. The Morgan fingerprint density at radius 2 is 1.79 bits per heavy atom. The second kappa shape index (κ2) is 9.21. The van der Waals surface area contributed by atoms with E-state index in [-0.39, 0.29) is 29.0 Å². The fourth-order valence-corrected chi connectivity index (χ4v) is 4.71. The standard InChI is InChI=1S/C14H13F2N3O4S.C8H7NO/c1-9(20)18-6-10-7-19(17-13(10)8-18)24(21,22)12-4-2-11(3-5-12)23-14(15)16;10-8-5-6-3-1-2-4-7(6)9-8/h2-5,7,14H,6,8H2,1H3;1-4H,5H2,(H,9,10). The highest BCUT2D eigenvalue weighted by molar-refractivity contribution is 7.89. The summed E-state index contributed by atoms with van der Waals surface area (Å²) in [4.78, 5) is 23.6. The number of hydrogen-bond acceptors (Lipinski definition) is 6. The molecule has 0 saturated carbocycles. The van der Waals surface area contributed by atoms with E-state index in [1.165, 1.54) is 25.3 Å². The summed E-state index contributed by atoms with van der Waals surface area (Å²) in [6.07, 6.45) is 1.90. The van der Waals surface area contributed by atoms with E-state index in [4.69, 9.17) is 0 Å². The van der Waals surface area contributed by atoms with Crippen LogP contribution in [-0.2, 0) is 39.1 Å². The van der Waals surface area contributed by atoms with Gasteiger partial charge in [0.05, 0.1) is 23.6 Å². The molecule has 3 aromatic rings. The van der Waals surface area contributed by atoms with Crippen molar-refractivity contribution in [3.8, 4) is 5.75 Å². The molecule has 9 nitrogen and oxygen atoms in total. The number of amides is 2. The van der Waals surface area contributed by atoms with Gasteiger partial charge in [0.25, 0.3) is 10.0 Å². The number of aromatic nitrogens is 2. The third kappa shape index (κ3) is 4.91. The van der Waals surface area contributed by atoms with E-state index >= 15 is 0 Å². The number of halogens is 2. The van der Waals surface area contributed by atoms with Crippen molar-refractivity contribution in [2.45, 2.75) is 37.9 Å². The third-order valence-electron chi connectivity index (χ3n) is 5.24. The van der Waals surface area contributed by atoms with Crippen molar-refractivity contribution in [3.05, 3.63) is 71.5 Å². The number of alkyl halides is 2. The Morgan fingerprint density at radius 3 is 2.41 bits per heavy atom. The summed E-state index contributed by atoms with van der Waals surface area (Å²) in [7, 11) is -3.94. The molecule has 3 heterocycles. The minimum absolute atomic E-state index is 0.0983. The molecule has 5 rings (SSSR count). The fraction of sp³-hybridized carbons (Fsp3) is 0.227. The third-order valence-corrected chi connectivity index (χ3v) is 6.79. The van der Waals surface area contributed by atoms with Gasteiger partial charge in [-0.1, -0.05) is 18.2 Å². The predicted octanol–water partition coefficient (Wildman–Crippen LogP) is 2.76. The van der Waals surface area contributed by atoms with Gasteiger partial charge in [-0.3, -0.25) is 9.59 Å². The van der Waals surface area contributed by atoms with Crippen molar-refractivity contribution in [1.29, 1.82) is 0 Å². The topological polar surface area (TPSA) is 111 Å². The lowest BCUT2D eigenvalue weighted by molar-refractivity contribution is -0.129. The number of nitrogens with one attached hydrogen (secondary N) is 1. The van der Waals surface area contributed by atoms with E-state index in [0.717, 1.165) is 27.5 Å². The highest BCUT2D eigenvalue weighted by atomic mass is 32.2. The molecule has 2 aromatic carbocycles. The van der Waals surface area contributed by atoms with Crippen LogP contribution in [0.2, 0.25) is 0 Å². The molecule has 1 aromatic heterocycles. The highest BCUT2D eigenvalue weighted by Crippen LogP contribution is 2.25. The lowest BCUT2D eigenvalue weighted by Crippen LogP contribution is -2.23. The number of carbonyl (C=O) groups is 2. The van der Waals surface area contributed by atoms with Gasteiger partial charge in [-0.05, 0) is 35.9 Å². The lowest BCUT2D eigenvalue weighted by Gasteiger charge is -2.12. The average molecular weight is 490 g/mol. The van der Waals surface area contributed by atoms with Gasteiger partial charge in [-0.25, -0.2) is 0 Å². The molecule has 2 amide bonds. The Bertz CT molecular complexity index is 1290. The normalized spacial score (nSPS) is 14.2. The molecule has 0 fully saturated rings. The fourth-order valence-electron chi connectivity index (χ4n) is 3.54. The number of nitrogens with zero attached hydrogens (tertiary/aromatic N) is 3. The van der Waals surface area contributed by atoms with Gasteiger partial charge < -0.3 is 15.0 Å². The average Bonchev–Trinajstić information content (AvgIpc) is 3.46. The molecule has 2 aliphatic rings. The second-order valence-corrected chi connectivity index (χ2v) is 9.38. The van der Waals surface area contributed by atoms with Crippen LogP contribution < -0.4 is 10.1 Å². The zero-order valence-corrected chi connectivity index (χ0v) is 18.8. The maximum absolute atomic E-state index is 12.5. The van der Waals surface area contributed by atoms with Crippen LogP contribution in [0.25, 0.3) is 0 Å². The smallest absolute Gasteiger partial charge is 0.387 e. The Hall–Kier alpha value is -3.80. The molecular weight excluding hydrogens is 470 g/mol. The Labute approximate surface area is 194 Å². The van der Waals surface area contributed by atoms with Crippen LogP contribution in [0.5, 0.6) is 5.75 Å². The first-order valence-corrected chi connectivity index (χ1v) is 11.6. The van der Waals surface area contributed by atoms with Gasteiger partial charge in [0.1, 0.15) is 5.75 Å². The van der Waals surface area contributed by atoms with Crippen LogP contribution in [0.3, 0.4) is 0 Å². The lowest BCUT2D eigenvalue weighted by atomic mass is 10.2. The van der Waals surface area contributed by atoms with Crippen molar-refractivity contribution in [2.24, 2.45) is 0 Å². The van der Waals surface area contributed by atoms with Crippen LogP contribution in [0.1, 0.15) is 23.7 Å². The monoisotopic (exact) mass is 490 g/mol. The molecule has 0 aliphatic carbocycles. The zero-order chi connectivity index (χ0) is 24.5. The van der Waals surface area contributed by atoms with E-state index in [1.54, 1.807) is 4.90 Å². The van der Waals surface area contributed by atoms with Crippen molar-refractivity contribution in [1.82, 2.24) is 14.1 Å². The number of para-hydroxylation sites is 1. The highest BCUT2D eigenvalue weighted by Gasteiger charge is 2.28. The van der Waals surface area contributed by atoms with Crippen LogP contribution in [-0.4, -0.2) is 40.9 Å².